The Kier molecular flexibility index (Phi) is 3.29. The highest BCUT2D eigenvalue weighted by atomic mass is 16.5. The first-order chi connectivity index (χ1) is 9.78. The molecule has 1 aliphatic rings. The fraction of sp³-hybridized carbons (Fsp3) is 0.188. The van der Waals surface area contributed by atoms with Gasteiger partial charge in [-0.05, 0) is 30.2 Å². The molecule has 0 aromatic heterocycles. The second kappa shape index (κ2) is 5.25. The van der Waals surface area contributed by atoms with E-state index in [1.807, 2.05) is 48.5 Å². The Hall–Kier alpha value is -2.49. The van der Waals surface area contributed by atoms with Gasteiger partial charge in [0.1, 0.15) is 5.75 Å². The minimum Gasteiger partial charge on any atom is -0.497 e. The monoisotopic (exact) mass is 268 g/mol. The molecule has 2 aromatic rings. The maximum Gasteiger partial charge on any atom is 0.326 e. The van der Waals surface area contributed by atoms with Crippen molar-refractivity contribution in [3.05, 3.63) is 54.1 Å². The lowest BCUT2D eigenvalue weighted by atomic mass is 10.1. The van der Waals surface area contributed by atoms with Crippen molar-refractivity contribution in [3.63, 3.8) is 0 Å². The van der Waals surface area contributed by atoms with Gasteiger partial charge >= 0.3 is 6.03 Å². The van der Waals surface area contributed by atoms with Gasteiger partial charge in [0.15, 0.2) is 0 Å². The van der Waals surface area contributed by atoms with E-state index in [2.05, 4.69) is 5.32 Å². The van der Waals surface area contributed by atoms with Gasteiger partial charge in [-0.3, -0.25) is 4.90 Å². The van der Waals surface area contributed by atoms with Gasteiger partial charge in [-0.15, -0.1) is 0 Å². The number of carbonyl (C=O) groups is 1. The van der Waals surface area contributed by atoms with Gasteiger partial charge in [0.2, 0.25) is 0 Å². The molecule has 2 aromatic carbocycles. The number of nitrogens with zero attached hydrogens (tertiary/aromatic N) is 1. The van der Waals surface area contributed by atoms with E-state index >= 15 is 0 Å². The molecule has 0 bridgehead atoms. The van der Waals surface area contributed by atoms with Crippen LogP contribution in [0.4, 0.5) is 16.2 Å². The lowest BCUT2D eigenvalue weighted by Gasteiger charge is -2.20. The van der Waals surface area contributed by atoms with Gasteiger partial charge in [-0.25, -0.2) is 4.79 Å². The minimum absolute atomic E-state index is 0.108. The summed E-state index contributed by atoms with van der Waals surface area (Å²) in [5.74, 6) is 0.747. The summed E-state index contributed by atoms with van der Waals surface area (Å²) < 4.78 is 5.22. The van der Waals surface area contributed by atoms with Crippen molar-refractivity contribution >= 4 is 17.4 Å². The van der Waals surface area contributed by atoms with Crippen LogP contribution in [0.5, 0.6) is 5.75 Å². The zero-order chi connectivity index (χ0) is 13.9. The molecule has 0 aliphatic carbocycles. The fourth-order valence-electron chi connectivity index (χ4n) is 2.40. The smallest absolute Gasteiger partial charge is 0.326 e. The molecule has 0 saturated carbocycles. The SMILES string of the molecule is COc1cccc(N2CCc3ccccc3NC2=O)c1. The number of ether oxygens (including phenoxy) is 1. The summed E-state index contributed by atoms with van der Waals surface area (Å²) >= 11 is 0. The van der Waals surface area contributed by atoms with Gasteiger partial charge < -0.3 is 10.1 Å². The van der Waals surface area contributed by atoms with Crippen LogP contribution in [0, 0.1) is 0 Å². The van der Waals surface area contributed by atoms with E-state index in [9.17, 15) is 4.79 Å². The second-order valence-electron chi connectivity index (χ2n) is 4.69. The molecule has 4 nitrogen and oxygen atoms in total. The second-order valence-corrected chi connectivity index (χ2v) is 4.69. The summed E-state index contributed by atoms with van der Waals surface area (Å²) in [7, 11) is 1.62. The number of benzene rings is 2. The van der Waals surface area contributed by atoms with Crippen LogP contribution in [0.25, 0.3) is 0 Å². The average Bonchev–Trinajstić information content (AvgIpc) is 2.65. The van der Waals surface area contributed by atoms with Crippen LogP contribution in [-0.2, 0) is 6.42 Å². The molecule has 102 valence electrons. The highest BCUT2D eigenvalue weighted by molar-refractivity contribution is 6.03. The first kappa shape index (κ1) is 12.5. The number of nitrogens with one attached hydrogen (secondary N) is 1. The number of para-hydroxylation sites is 1. The molecule has 0 atom stereocenters. The summed E-state index contributed by atoms with van der Waals surface area (Å²) in [6, 6.07) is 15.3. The molecular weight excluding hydrogens is 252 g/mol. The average molecular weight is 268 g/mol. The van der Waals surface area contributed by atoms with Crippen molar-refractivity contribution in [2.24, 2.45) is 0 Å². The number of anilines is 2. The molecule has 0 unspecified atom stereocenters. The Balaban J connectivity index is 1.91. The molecule has 1 aliphatic heterocycles. The Bertz CT molecular complexity index is 640. The van der Waals surface area contributed by atoms with E-state index in [1.54, 1.807) is 12.0 Å². The molecule has 0 spiro atoms. The van der Waals surface area contributed by atoms with Crippen LogP contribution in [0.2, 0.25) is 0 Å². The number of urea groups is 1. The number of fused-ring (bicyclic) bond motifs is 1. The van der Waals surface area contributed by atoms with Gasteiger partial charge in [0.25, 0.3) is 0 Å². The molecule has 0 fully saturated rings. The summed E-state index contributed by atoms with van der Waals surface area (Å²) in [4.78, 5) is 14.1. The van der Waals surface area contributed by atoms with Crippen LogP contribution in [-0.4, -0.2) is 19.7 Å². The summed E-state index contributed by atoms with van der Waals surface area (Å²) in [5.41, 5.74) is 2.89. The molecule has 1 heterocycles. The topological polar surface area (TPSA) is 41.6 Å². The van der Waals surface area contributed by atoms with Crippen molar-refractivity contribution in [3.8, 4) is 5.75 Å². The Morgan fingerprint density at radius 1 is 1.15 bits per heavy atom. The molecule has 0 saturated heterocycles. The van der Waals surface area contributed by atoms with Crippen molar-refractivity contribution in [2.45, 2.75) is 6.42 Å². The van der Waals surface area contributed by atoms with E-state index < -0.39 is 0 Å². The minimum atomic E-state index is -0.108. The number of rotatable bonds is 2. The van der Waals surface area contributed by atoms with Crippen LogP contribution in [0.15, 0.2) is 48.5 Å². The van der Waals surface area contributed by atoms with E-state index in [0.29, 0.717) is 6.54 Å². The maximum atomic E-state index is 12.4. The highest BCUT2D eigenvalue weighted by Crippen LogP contribution is 2.26. The standard InChI is InChI=1S/C16H16N2O2/c1-20-14-7-4-6-13(11-14)18-10-9-12-5-2-3-8-15(12)17-16(18)19/h2-8,11H,9-10H2,1H3,(H,17,19). The first-order valence-corrected chi connectivity index (χ1v) is 6.58. The van der Waals surface area contributed by atoms with E-state index in [4.69, 9.17) is 4.74 Å². The summed E-state index contributed by atoms with van der Waals surface area (Å²) in [6.45, 7) is 0.649. The Labute approximate surface area is 118 Å². The third-order valence-electron chi connectivity index (χ3n) is 3.47. The first-order valence-electron chi connectivity index (χ1n) is 6.58. The molecule has 3 rings (SSSR count). The molecule has 20 heavy (non-hydrogen) atoms. The Morgan fingerprint density at radius 2 is 2.00 bits per heavy atom. The van der Waals surface area contributed by atoms with Crippen molar-refractivity contribution in [1.29, 1.82) is 0 Å². The third-order valence-corrected chi connectivity index (χ3v) is 3.47. The number of amides is 2. The lowest BCUT2D eigenvalue weighted by Crippen LogP contribution is -2.34. The Morgan fingerprint density at radius 3 is 2.85 bits per heavy atom. The van der Waals surface area contributed by atoms with E-state index in [0.717, 1.165) is 29.1 Å². The molecular formula is C16H16N2O2. The quantitative estimate of drug-likeness (QED) is 0.908. The number of hydrogen-bond donors (Lipinski definition) is 1. The number of hydrogen-bond acceptors (Lipinski definition) is 2. The number of methoxy groups -OCH3 is 1. The predicted octanol–water partition coefficient (Wildman–Crippen LogP) is 3.29. The molecule has 1 N–H and O–H groups in total. The highest BCUT2D eigenvalue weighted by Gasteiger charge is 2.21. The predicted molar refractivity (Wildman–Crippen MR) is 79.5 cm³/mol. The molecule has 2 amide bonds. The van der Waals surface area contributed by atoms with Gasteiger partial charge in [0.05, 0.1) is 7.11 Å². The van der Waals surface area contributed by atoms with Crippen molar-refractivity contribution < 1.29 is 9.53 Å². The number of carbonyl (C=O) groups excluding carboxylic acids is 1. The van der Waals surface area contributed by atoms with Gasteiger partial charge in [0, 0.05) is 24.0 Å². The normalized spacial score (nSPS) is 14.2. The molecule has 0 radical (unpaired) electrons. The van der Waals surface area contributed by atoms with Crippen LogP contribution < -0.4 is 15.0 Å². The largest absolute Gasteiger partial charge is 0.497 e. The van der Waals surface area contributed by atoms with Gasteiger partial charge in [-0.2, -0.15) is 0 Å². The summed E-state index contributed by atoms with van der Waals surface area (Å²) in [6.07, 6.45) is 0.826. The van der Waals surface area contributed by atoms with E-state index in [-0.39, 0.29) is 6.03 Å². The maximum absolute atomic E-state index is 12.4. The van der Waals surface area contributed by atoms with Crippen molar-refractivity contribution in [1.82, 2.24) is 0 Å². The third kappa shape index (κ3) is 2.32. The van der Waals surface area contributed by atoms with Crippen molar-refractivity contribution in [2.75, 3.05) is 23.9 Å². The van der Waals surface area contributed by atoms with Crippen LogP contribution in [0.1, 0.15) is 5.56 Å². The lowest BCUT2D eigenvalue weighted by molar-refractivity contribution is 0.257. The summed E-state index contributed by atoms with van der Waals surface area (Å²) in [5, 5.41) is 2.95. The molecule has 4 heteroatoms. The fourth-order valence-corrected chi connectivity index (χ4v) is 2.40. The van der Waals surface area contributed by atoms with Crippen LogP contribution >= 0.6 is 0 Å². The van der Waals surface area contributed by atoms with Crippen LogP contribution in [0.3, 0.4) is 0 Å². The zero-order valence-corrected chi connectivity index (χ0v) is 11.3. The zero-order valence-electron chi connectivity index (χ0n) is 11.3. The van der Waals surface area contributed by atoms with E-state index in [1.165, 1.54) is 0 Å². The van der Waals surface area contributed by atoms with Gasteiger partial charge in [-0.1, -0.05) is 24.3 Å².